The Morgan fingerprint density at radius 2 is 1.94 bits per heavy atom. The zero-order chi connectivity index (χ0) is 13.6. The number of ether oxygens (including phenoxy) is 1. The fraction of sp³-hybridized carbons (Fsp3) is 0.385. The monoisotopic (exact) mass is 251 g/mol. The van der Waals surface area contributed by atoms with E-state index in [-0.39, 0.29) is 6.42 Å². The summed E-state index contributed by atoms with van der Waals surface area (Å²) in [5.41, 5.74) is 4.60. The van der Waals surface area contributed by atoms with E-state index >= 15 is 0 Å². The Labute approximate surface area is 106 Å². The minimum atomic E-state index is -1.95. The van der Waals surface area contributed by atoms with E-state index in [1.807, 2.05) is 30.3 Å². The van der Waals surface area contributed by atoms with Crippen molar-refractivity contribution in [3.8, 4) is 0 Å². The Kier molecular flexibility index (Phi) is 5.00. The first kappa shape index (κ1) is 14.3. The molecule has 1 rings (SSSR count). The number of methoxy groups -OCH3 is 1. The van der Waals surface area contributed by atoms with Crippen molar-refractivity contribution >= 4 is 11.8 Å². The van der Waals surface area contributed by atoms with E-state index in [0.717, 1.165) is 12.7 Å². The Morgan fingerprint density at radius 1 is 1.33 bits per heavy atom. The molecule has 0 radical (unpaired) electrons. The van der Waals surface area contributed by atoms with Crippen molar-refractivity contribution in [1.82, 2.24) is 0 Å². The molecule has 1 atom stereocenters. The molecule has 1 aromatic carbocycles. The molecule has 1 aromatic rings. The molecule has 5 heteroatoms. The molecule has 0 spiro atoms. The van der Waals surface area contributed by atoms with Gasteiger partial charge in [0.1, 0.15) is 0 Å². The second kappa shape index (κ2) is 6.28. The molecule has 98 valence electrons. The van der Waals surface area contributed by atoms with Crippen LogP contribution in [0, 0.1) is 0 Å². The van der Waals surface area contributed by atoms with Crippen LogP contribution in [0.3, 0.4) is 0 Å². The first-order valence-corrected chi connectivity index (χ1v) is 5.60. The molecule has 0 saturated carbocycles. The number of benzene rings is 1. The smallest absolute Gasteiger partial charge is 0.336 e. The van der Waals surface area contributed by atoms with E-state index in [4.69, 9.17) is 10.8 Å². The molecule has 18 heavy (non-hydrogen) atoms. The third-order valence-corrected chi connectivity index (χ3v) is 2.78. The van der Waals surface area contributed by atoms with Gasteiger partial charge in [-0.2, -0.15) is 0 Å². The van der Waals surface area contributed by atoms with Crippen LogP contribution in [0.4, 0.5) is 0 Å². The van der Waals surface area contributed by atoms with Gasteiger partial charge in [0, 0.05) is 6.42 Å². The number of hydrogen-bond donors (Lipinski definition) is 2. The van der Waals surface area contributed by atoms with E-state index in [9.17, 15) is 9.59 Å². The van der Waals surface area contributed by atoms with Gasteiger partial charge in [0.2, 0.25) is 0 Å². The van der Waals surface area contributed by atoms with Crippen LogP contribution < -0.4 is 5.73 Å². The molecule has 0 saturated heterocycles. The van der Waals surface area contributed by atoms with E-state index < -0.39 is 23.9 Å². The minimum absolute atomic E-state index is 0.0795. The van der Waals surface area contributed by atoms with Crippen LogP contribution >= 0.6 is 0 Å². The Hall–Kier alpha value is -1.72. The van der Waals surface area contributed by atoms with E-state index in [0.29, 0.717) is 6.42 Å². The predicted molar refractivity (Wildman–Crippen MR) is 65.8 cm³/mol. The number of carbonyl (C=O) groups excluding carboxylic acids is 2. The number of aliphatic hydroxyl groups excluding tert-OH is 1. The van der Waals surface area contributed by atoms with Crippen molar-refractivity contribution in [2.24, 2.45) is 5.73 Å². The third-order valence-electron chi connectivity index (χ3n) is 2.78. The summed E-state index contributed by atoms with van der Waals surface area (Å²) in [6, 6.07) is 9.36. The van der Waals surface area contributed by atoms with Gasteiger partial charge in [-0.1, -0.05) is 30.3 Å². The summed E-state index contributed by atoms with van der Waals surface area (Å²) in [5.74, 6) is -1.44. The van der Waals surface area contributed by atoms with Crippen LogP contribution in [-0.2, 0) is 20.7 Å². The summed E-state index contributed by atoms with van der Waals surface area (Å²) in [7, 11) is 1.13. The molecule has 0 aromatic heterocycles. The molecular weight excluding hydrogens is 234 g/mol. The lowest BCUT2D eigenvalue weighted by Crippen LogP contribution is -2.58. The standard InChI is InChI=1S/C13H17NO4/c1-18-12(17)13(14,9-15)11(16)8-7-10-5-3-2-4-6-10/h2-6,15H,7-9,14H2,1H3/t13-/m1/s1. The van der Waals surface area contributed by atoms with Crippen molar-refractivity contribution in [3.05, 3.63) is 35.9 Å². The van der Waals surface area contributed by atoms with Gasteiger partial charge in [-0.25, -0.2) is 4.79 Å². The number of carbonyl (C=O) groups is 2. The maximum absolute atomic E-state index is 11.9. The Morgan fingerprint density at radius 3 is 2.44 bits per heavy atom. The second-order valence-electron chi connectivity index (χ2n) is 4.03. The van der Waals surface area contributed by atoms with Gasteiger partial charge in [-0.05, 0) is 12.0 Å². The van der Waals surface area contributed by atoms with Crippen molar-refractivity contribution in [3.63, 3.8) is 0 Å². The van der Waals surface area contributed by atoms with Crippen LogP contribution in [0.15, 0.2) is 30.3 Å². The lowest BCUT2D eigenvalue weighted by atomic mass is 9.92. The SMILES string of the molecule is COC(=O)[C@@](N)(CO)C(=O)CCc1ccccc1. The normalized spacial score (nSPS) is 13.7. The molecule has 5 nitrogen and oxygen atoms in total. The first-order chi connectivity index (χ1) is 8.54. The molecule has 0 heterocycles. The molecular formula is C13H17NO4. The van der Waals surface area contributed by atoms with Crippen molar-refractivity contribution < 1.29 is 19.4 Å². The first-order valence-electron chi connectivity index (χ1n) is 5.60. The van der Waals surface area contributed by atoms with Gasteiger partial charge in [-0.3, -0.25) is 4.79 Å². The van der Waals surface area contributed by atoms with Gasteiger partial charge >= 0.3 is 5.97 Å². The number of esters is 1. The fourth-order valence-corrected chi connectivity index (χ4v) is 1.57. The van der Waals surface area contributed by atoms with Crippen LogP contribution in [0.2, 0.25) is 0 Å². The molecule has 3 N–H and O–H groups in total. The van der Waals surface area contributed by atoms with Gasteiger partial charge in [0.25, 0.3) is 0 Å². The molecule has 0 unspecified atom stereocenters. The van der Waals surface area contributed by atoms with E-state index in [1.54, 1.807) is 0 Å². The largest absolute Gasteiger partial charge is 0.467 e. The number of ketones is 1. The highest BCUT2D eigenvalue weighted by molar-refractivity contribution is 6.08. The average molecular weight is 251 g/mol. The number of hydrogen-bond acceptors (Lipinski definition) is 5. The zero-order valence-electron chi connectivity index (χ0n) is 10.3. The van der Waals surface area contributed by atoms with E-state index in [2.05, 4.69) is 4.74 Å². The maximum atomic E-state index is 11.9. The third kappa shape index (κ3) is 3.15. The molecule has 0 aliphatic carbocycles. The van der Waals surface area contributed by atoms with Crippen molar-refractivity contribution in [2.45, 2.75) is 18.4 Å². The van der Waals surface area contributed by atoms with Crippen LogP contribution in [-0.4, -0.2) is 36.1 Å². The number of aryl methyl sites for hydroxylation is 1. The lowest BCUT2D eigenvalue weighted by molar-refractivity contribution is -0.153. The molecule has 0 amide bonds. The molecule has 0 bridgehead atoms. The number of aliphatic hydroxyl groups is 1. The quantitative estimate of drug-likeness (QED) is 0.551. The molecule has 0 aliphatic heterocycles. The highest BCUT2D eigenvalue weighted by Crippen LogP contribution is 2.11. The predicted octanol–water partition coefficient (Wildman–Crippen LogP) is 0.0511. The van der Waals surface area contributed by atoms with Crippen LogP contribution in [0.25, 0.3) is 0 Å². The Balaban J connectivity index is 2.67. The lowest BCUT2D eigenvalue weighted by Gasteiger charge is -2.22. The Bertz CT molecular complexity index is 418. The van der Waals surface area contributed by atoms with Crippen molar-refractivity contribution in [2.75, 3.05) is 13.7 Å². The fourth-order valence-electron chi connectivity index (χ4n) is 1.57. The zero-order valence-corrected chi connectivity index (χ0v) is 10.3. The summed E-state index contributed by atoms with van der Waals surface area (Å²) in [4.78, 5) is 23.3. The van der Waals surface area contributed by atoms with Gasteiger partial charge in [0.05, 0.1) is 13.7 Å². The molecule has 0 aliphatic rings. The van der Waals surface area contributed by atoms with E-state index in [1.165, 1.54) is 0 Å². The van der Waals surface area contributed by atoms with Gasteiger partial charge in [-0.15, -0.1) is 0 Å². The van der Waals surface area contributed by atoms with Gasteiger partial charge in [0.15, 0.2) is 11.3 Å². The number of nitrogens with two attached hydrogens (primary N) is 1. The highest BCUT2D eigenvalue weighted by atomic mass is 16.5. The summed E-state index contributed by atoms with van der Waals surface area (Å²) in [6.07, 6.45) is 0.547. The highest BCUT2D eigenvalue weighted by Gasteiger charge is 2.41. The minimum Gasteiger partial charge on any atom is -0.467 e. The summed E-state index contributed by atoms with van der Waals surface area (Å²) in [6.45, 7) is -0.757. The maximum Gasteiger partial charge on any atom is 0.336 e. The topological polar surface area (TPSA) is 89.6 Å². The number of Topliss-reactive ketones (excluding diaryl/α,β-unsaturated/α-hetero) is 1. The average Bonchev–Trinajstić information content (AvgIpc) is 2.43. The molecule has 0 fully saturated rings. The van der Waals surface area contributed by atoms with Crippen LogP contribution in [0.1, 0.15) is 12.0 Å². The second-order valence-corrected chi connectivity index (χ2v) is 4.03. The summed E-state index contributed by atoms with van der Waals surface area (Å²) >= 11 is 0. The summed E-state index contributed by atoms with van der Waals surface area (Å²) < 4.78 is 4.43. The number of rotatable bonds is 6. The summed E-state index contributed by atoms with van der Waals surface area (Å²) in [5, 5.41) is 9.11. The van der Waals surface area contributed by atoms with Crippen molar-refractivity contribution in [1.29, 1.82) is 0 Å². The van der Waals surface area contributed by atoms with Crippen LogP contribution in [0.5, 0.6) is 0 Å². The van der Waals surface area contributed by atoms with Gasteiger partial charge < -0.3 is 15.6 Å².